The molecule has 2 aliphatic heterocycles. The van der Waals surface area contributed by atoms with Crippen LogP contribution >= 0.6 is 0 Å². The lowest BCUT2D eigenvalue weighted by Crippen LogP contribution is -2.45. The lowest BCUT2D eigenvalue weighted by Gasteiger charge is -2.29. The van der Waals surface area contributed by atoms with Gasteiger partial charge < -0.3 is 14.8 Å². The van der Waals surface area contributed by atoms with E-state index in [1.54, 1.807) is 0 Å². The molecule has 3 heteroatoms. The van der Waals surface area contributed by atoms with E-state index in [1.807, 2.05) is 0 Å². The average molecular weight is 199 g/mol. The summed E-state index contributed by atoms with van der Waals surface area (Å²) in [6.07, 6.45) is 3.67. The van der Waals surface area contributed by atoms with Gasteiger partial charge in [0.25, 0.3) is 0 Å². The van der Waals surface area contributed by atoms with Crippen LogP contribution in [0.5, 0.6) is 0 Å². The highest BCUT2D eigenvalue weighted by atomic mass is 16.5. The first kappa shape index (κ1) is 10.4. The van der Waals surface area contributed by atoms with Crippen LogP contribution < -0.4 is 5.32 Å². The molecule has 2 fully saturated rings. The molecular weight excluding hydrogens is 178 g/mol. The zero-order valence-electron chi connectivity index (χ0n) is 9.00. The summed E-state index contributed by atoms with van der Waals surface area (Å²) in [5, 5.41) is 3.66. The van der Waals surface area contributed by atoms with E-state index in [4.69, 9.17) is 9.47 Å². The molecule has 3 atom stereocenters. The van der Waals surface area contributed by atoms with Gasteiger partial charge in [-0.15, -0.1) is 0 Å². The molecule has 2 heterocycles. The summed E-state index contributed by atoms with van der Waals surface area (Å²) in [6.45, 7) is 5.98. The van der Waals surface area contributed by atoms with Crippen molar-refractivity contribution in [3.63, 3.8) is 0 Å². The van der Waals surface area contributed by atoms with E-state index >= 15 is 0 Å². The Hall–Kier alpha value is -0.120. The number of hydrogen-bond acceptors (Lipinski definition) is 3. The summed E-state index contributed by atoms with van der Waals surface area (Å²) in [7, 11) is 0. The van der Waals surface area contributed by atoms with Crippen LogP contribution in [0.2, 0.25) is 0 Å². The van der Waals surface area contributed by atoms with Crippen molar-refractivity contribution in [3.05, 3.63) is 0 Å². The number of hydrogen-bond donors (Lipinski definition) is 1. The number of nitrogens with one attached hydrogen (secondary N) is 1. The van der Waals surface area contributed by atoms with Crippen LogP contribution in [-0.4, -0.2) is 38.5 Å². The van der Waals surface area contributed by atoms with Gasteiger partial charge in [-0.3, -0.25) is 0 Å². The summed E-state index contributed by atoms with van der Waals surface area (Å²) in [4.78, 5) is 0. The number of ether oxygens (including phenoxy) is 2. The zero-order valence-corrected chi connectivity index (χ0v) is 9.00. The van der Waals surface area contributed by atoms with Gasteiger partial charge in [-0.2, -0.15) is 0 Å². The quantitative estimate of drug-likeness (QED) is 0.740. The highest BCUT2D eigenvalue weighted by Gasteiger charge is 2.24. The molecule has 2 rings (SSSR count). The predicted octanol–water partition coefficient (Wildman–Crippen LogP) is 1.18. The monoisotopic (exact) mass is 199 g/mol. The summed E-state index contributed by atoms with van der Waals surface area (Å²) in [5.41, 5.74) is 0. The molecule has 0 saturated carbocycles. The predicted molar refractivity (Wildman–Crippen MR) is 55.4 cm³/mol. The van der Waals surface area contributed by atoms with Gasteiger partial charge in [0.2, 0.25) is 0 Å². The first-order valence-electron chi connectivity index (χ1n) is 5.78. The third-order valence-corrected chi connectivity index (χ3v) is 3.33. The Balaban J connectivity index is 1.72. The van der Waals surface area contributed by atoms with Crippen LogP contribution in [-0.2, 0) is 9.47 Å². The van der Waals surface area contributed by atoms with Crippen LogP contribution in [0.3, 0.4) is 0 Å². The van der Waals surface area contributed by atoms with Gasteiger partial charge in [-0.05, 0) is 32.1 Å². The maximum Gasteiger partial charge on any atom is 0.0619 e. The van der Waals surface area contributed by atoms with E-state index in [0.717, 1.165) is 26.4 Å². The smallest absolute Gasteiger partial charge is 0.0619 e. The molecule has 0 aliphatic carbocycles. The Morgan fingerprint density at radius 2 is 2.00 bits per heavy atom. The lowest BCUT2D eigenvalue weighted by molar-refractivity contribution is 0.0633. The van der Waals surface area contributed by atoms with Crippen LogP contribution in [0.1, 0.15) is 26.2 Å². The largest absolute Gasteiger partial charge is 0.381 e. The van der Waals surface area contributed by atoms with Crippen molar-refractivity contribution in [2.75, 3.05) is 26.4 Å². The molecule has 3 nitrogen and oxygen atoms in total. The van der Waals surface area contributed by atoms with Gasteiger partial charge in [0.05, 0.1) is 13.2 Å². The Labute approximate surface area is 86.2 Å². The van der Waals surface area contributed by atoms with Gasteiger partial charge in [-0.1, -0.05) is 0 Å². The van der Waals surface area contributed by atoms with E-state index in [0.29, 0.717) is 18.0 Å². The third kappa shape index (κ3) is 2.69. The van der Waals surface area contributed by atoms with Gasteiger partial charge >= 0.3 is 0 Å². The fourth-order valence-electron chi connectivity index (χ4n) is 2.33. The normalized spacial score (nSPS) is 35.8. The maximum absolute atomic E-state index is 5.45. The fraction of sp³-hybridized carbons (Fsp3) is 1.00. The van der Waals surface area contributed by atoms with Crippen molar-refractivity contribution in [1.82, 2.24) is 5.32 Å². The van der Waals surface area contributed by atoms with Gasteiger partial charge in [0.15, 0.2) is 0 Å². The molecule has 2 saturated heterocycles. The molecule has 0 aromatic heterocycles. The summed E-state index contributed by atoms with van der Waals surface area (Å²) >= 11 is 0. The van der Waals surface area contributed by atoms with Gasteiger partial charge in [0.1, 0.15) is 0 Å². The van der Waals surface area contributed by atoms with Gasteiger partial charge in [-0.25, -0.2) is 0 Å². The van der Waals surface area contributed by atoms with Crippen molar-refractivity contribution < 1.29 is 9.47 Å². The van der Waals surface area contributed by atoms with E-state index in [9.17, 15) is 0 Å². The second-order valence-corrected chi connectivity index (χ2v) is 4.49. The average Bonchev–Trinajstić information content (AvgIpc) is 2.72. The molecule has 2 unspecified atom stereocenters. The molecule has 14 heavy (non-hydrogen) atoms. The van der Waals surface area contributed by atoms with E-state index in [2.05, 4.69) is 12.2 Å². The van der Waals surface area contributed by atoms with Crippen molar-refractivity contribution >= 4 is 0 Å². The Morgan fingerprint density at radius 1 is 1.14 bits per heavy atom. The Morgan fingerprint density at radius 3 is 2.64 bits per heavy atom. The molecule has 1 N–H and O–H groups in total. The van der Waals surface area contributed by atoms with Crippen molar-refractivity contribution in [3.8, 4) is 0 Å². The van der Waals surface area contributed by atoms with Crippen LogP contribution in [0.4, 0.5) is 0 Å². The molecule has 0 amide bonds. The van der Waals surface area contributed by atoms with Crippen LogP contribution in [0, 0.1) is 5.92 Å². The van der Waals surface area contributed by atoms with Crippen molar-refractivity contribution in [1.29, 1.82) is 0 Å². The third-order valence-electron chi connectivity index (χ3n) is 3.33. The minimum Gasteiger partial charge on any atom is -0.381 e. The molecule has 0 aromatic rings. The maximum atomic E-state index is 5.45. The molecule has 0 aromatic carbocycles. The minimum atomic E-state index is 0.569. The van der Waals surface area contributed by atoms with Crippen molar-refractivity contribution in [2.24, 2.45) is 5.92 Å². The van der Waals surface area contributed by atoms with Crippen LogP contribution in [0.25, 0.3) is 0 Å². The molecule has 82 valence electrons. The highest BCUT2D eigenvalue weighted by molar-refractivity contribution is 4.80. The zero-order chi connectivity index (χ0) is 9.80. The fourth-order valence-corrected chi connectivity index (χ4v) is 2.33. The van der Waals surface area contributed by atoms with Gasteiger partial charge in [0, 0.05) is 25.3 Å². The molecule has 0 radical (unpaired) electrons. The molecule has 0 spiro atoms. The minimum absolute atomic E-state index is 0.569. The number of rotatable bonds is 3. The SMILES string of the molecule is CC(N[C@@H]1CCCOC1)C1CCOC1. The first-order valence-corrected chi connectivity index (χ1v) is 5.78. The molecule has 0 bridgehead atoms. The summed E-state index contributed by atoms with van der Waals surface area (Å²) < 4.78 is 10.8. The lowest BCUT2D eigenvalue weighted by atomic mass is 9.99. The topological polar surface area (TPSA) is 30.5 Å². The second kappa shape index (κ2) is 5.10. The molecule has 2 aliphatic rings. The van der Waals surface area contributed by atoms with Crippen LogP contribution in [0.15, 0.2) is 0 Å². The Kier molecular flexibility index (Phi) is 3.79. The first-order chi connectivity index (χ1) is 6.86. The Bertz CT molecular complexity index is 163. The van der Waals surface area contributed by atoms with E-state index in [-0.39, 0.29) is 0 Å². The summed E-state index contributed by atoms with van der Waals surface area (Å²) in [6, 6.07) is 1.14. The molecular formula is C11H21NO2. The standard InChI is InChI=1S/C11H21NO2/c1-9(10-4-6-14-7-10)12-11-3-2-5-13-8-11/h9-12H,2-8H2,1H3/t9?,10?,11-/m1/s1. The second-order valence-electron chi connectivity index (χ2n) is 4.49. The summed E-state index contributed by atoms with van der Waals surface area (Å²) in [5.74, 6) is 0.705. The van der Waals surface area contributed by atoms with E-state index in [1.165, 1.54) is 19.3 Å². The highest BCUT2D eigenvalue weighted by Crippen LogP contribution is 2.18. The van der Waals surface area contributed by atoms with E-state index < -0.39 is 0 Å². The van der Waals surface area contributed by atoms with Crippen molar-refractivity contribution in [2.45, 2.75) is 38.3 Å².